The molecule has 1 aromatic rings. The molecule has 0 saturated carbocycles. The molecule has 1 aliphatic heterocycles. The first kappa shape index (κ1) is 17.1. The number of amides is 2. The number of nitrogens with one attached hydrogen (secondary N) is 2. The van der Waals surface area contributed by atoms with Gasteiger partial charge in [0.15, 0.2) is 11.5 Å². The van der Waals surface area contributed by atoms with Crippen molar-refractivity contribution in [1.82, 2.24) is 10.6 Å². The van der Waals surface area contributed by atoms with Crippen LogP contribution in [0.15, 0.2) is 18.2 Å². The molecule has 1 aromatic carbocycles. The van der Waals surface area contributed by atoms with Gasteiger partial charge in [0.1, 0.15) is 0 Å². The molecule has 0 bridgehead atoms. The first-order chi connectivity index (χ1) is 11.1. The van der Waals surface area contributed by atoms with Crippen LogP contribution in [0, 0.1) is 0 Å². The fourth-order valence-corrected chi connectivity index (χ4v) is 2.35. The Bertz CT molecular complexity index is 555. The molecule has 0 aliphatic carbocycles. The molecule has 1 atom stereocenters. The zero-order chi connectivity index (χ0) is 16.7. The Morgan fingerprint density at radius 1 is 1.17 bits per heavy atom. The lowest BCUT2D eigenvalue weighted by atomic mass is 10.2. The largest absolute Gasteiger partial charge is 0.493 e. The number of hydrogen-bond donors (Lipinski definition) is 2. The van der Waals surface area contributed by atoms with E-state index in [-0.39, 0.29) is 12.6 Å². The van der Waals surface area contributed by atoms with E-state index in [1.165, 1.54) is 0 Å². The summed E-state index contributed by atoms with van der Waals surface area (Å²) in [5, 5.41) is 5.16. The average molecular weight is 322 g/mol. The highest BCUT2D eigenvalue weighted by Gasteiger charge is 2.19. The smallest absolute Gasteiger partial charge is 0.309 e. The van der Waals surface area contributed by atoms with Crippen molar-refractivity contribution in [2.24, 2.45) is 0 Å². The third kappa shape index (κ3) is 4.85. The Morgan fingerprint density at radius 2 is 1.91 bits per heavy atom. The lowest BCUT2D eigenvalue weighted by Gasteiger charge is -2.12. The number of ether oxygens (including phenoxy) is 3. The number of rotatable bonds is 6. The van der Waals surface area contributed by atoms with Gasteiger partial charge in [0, 0.05) is 19.7 Å². The van der Waals surface area contributed by atoms with Crippen molar-refractivity contribution in [3.63, 3.8) is 0 Å². The van der Waals surface area contributed by atoms with Crippen molar-refractivity contribution in [1.29, 1.82) is 0 Å². The first-order valence-corrected chi connectivity index (χ1v) is 7.52. The quantitative estimate of drug-likeness (QED) is 0.750. The number of carbonyl (C=O) groups excluding carboxylic acids is 2. The summed E-state index contributed by atoms with van der Waals surface area (Å²) in [6.07, 6.45) is 1.91. The van der Waals surface area contributed by atoms with Crippen LogP contribution in [0.4, 0.5) is 0 Å². The van der Waals surface area contributed by atoms with E-state index < -0.39 is 11.8 Å². The summed E-state index contributed by atoms with van der Waals surface area (Å²) in [5.41, 5.74) is 0.808. The van der Waals surface area contributed by atoms with E-state index >= 15 is 0 Å². The molecule has 0 spiro atoms. The van der Waals surface area contributed by atoms with E-state index in [9.17, 15) is 9.59 Å². The third-order valence-corrected chi connectivity index (χ3v) is 3.62. The normalized spacial score (nSPS) is 16.7. The Kier molecular flexibility index (Phi) is 6.22. The fourth-order valence-electron chi connectivity index (χ4n) is 2.35. The SMILES string of the molecule is COc1ccc(CNC(=O)C(=O)NCC2CCCO2)cc1OC. The molecule has 2 N–H and O–H groups in total. The lowest BCUT2D eigenvalue weighted by Crippen LogP contribution is -2.42. The van der Waals surface area contributed by atoms with E-state index in [0.29, 0.717) is 24.7 Å². The summed E-state index contributed by atoms with van der Waals surface area (Å²) in [6, 6.07) is 5.30. The summed E-state index contributed by atoms with van der Waals surface area (Å²) in [5.74, 6) is -0.141. The summed E-state index contributed by atoms with van der Waals surface area (Å²) < 4.78 is 15.7. The van der Waals surface area contributed by atoms with Crippen LogP contribution >= 0.6 is 0 Å². The highest BCUT2D eigenvalue weighted by Crippen LogP contribution is 2.27. The van der Waals surface area contributed by atoms with Crippen molar-refractivity contribution in [3.05, 3.63) is 23.8 Å². The van der Waals surface area contributed by atoms with Crippen molar-refractivity contribution in [2.75, 3.05) is 27.4 Å². The van der Waals surface area contributed by atoms with Gasteiger partial charge in [-0.15, -0.1) is 0 Å². The lowest BCUT2D eigenvalue weighted by molar-refractivity contribution is -0.139. The molecule has 1 aliphatic rings. The molecular formula is C16H22N2O5. The molecule has 7 nitrogen and oxygen atoms in total. The maximum Gasteiger partial charge on any atom is 0.309 e. The van der Waals surface area contributed by atoms with Crippen molar-refractivity contribution in [2.45, 2.75) is 25.5 Å². The summed E-state index contributed by atoms with van der Waals surface area (Å²) in [7, 11) is 3.09. The molecule has 1 saturated heterocycles. The molecule has 7 heteroatoms. The second-order valence-corrected chi connectivity index (χ2v) is 5.22. The maximum absolute atomic E-state index is 11.8. The Morgan fingerprint density at radius 3 is 2.57 bits per heavy atom. The van der Waals surface area contributed by atoms with Gasteiger partial charge in [-0.3, -0.25) is 9.59 Å². The Hall–Kier alpha value is -2.28. The van der Waals surface area contributed by atoms with E-state index in [0.717, 1.165) is 18.4 Å². The van der Waals surface area contributed by atoms with Crippen LogP contribution in [0.3, 0.4) is 0 Å². The molecule has 126 valence electrons. The highest BCUT2D eigenvalue weighted by molar-refractivity contribution is 6.35. The fraction of sp³-hybridized carbons (Fsp3) is 0.500. The molecule has 1 unspecified atom stereocenters. The van der Waals surface area contributed by atoms with Crippen molar-refractivity contribution < 1.29 is 23.8 Å². The van der Waals surface area contributed by atoms with Gasteiger partial charge in [0.2, 0.25) is 0 Å². The Labute approximate surface area is 135 Å². The van der Waals surface area contributed by atoms with Crippen LogP contribution in [0.25, 0.3) is 0 Å². The second-order valence-electron chi connectivity index (χ2n) is 5.22. The van der Waals surface area contributed by atoms with Crippen LogP contribution in [-0.4, -0.2) is 45.3 Å². The van der Waals surface area contributed by atoms with Gasteiger partial charge in [-0.2, -0.15) is 0 Å². The van der Waals surface area contributed by atoms with Gasteiger partial charge in [-0.05, 0) is 30.5 Å². The van der Waals surface area contributed by atoms with E-state index in [1.54, 1.807) is 32.4 Å². The van der Waals surface area contributed by atoms with E-state index in [4.69, 9.17) is 14.2 Å². The standard InChI is InChI=1S/C16H22N2O5/c1-21-13-6-5-11(8-14(13)22-2)9-17-15(19)16(20)18-10-12-4-3-7-23-12/h5-6,8,12H,3-4,7,9-10H2,1-2H3,(H,17,19)(H,18,20). The van der Waals surface area contributed by atoms with E-state index in [2.05, 4.69) is 10.6 Å². The number of methoxy groups -OCH3 is 2. The minimum absolute atomic E-state index is 0.0117. The predicted octanol–water partition coefficient (Wildman–Crippen LogP) is 0.615. The van der Waals surface area contributed by atoms with Crippen LogP contribution in [0.1, 0.15) is 18.4 Å². The number of benzene rings is 1. The minimum atomic E-state index is -0.669. The van der Waals surface area contributed by atoms with Gasteiger partial charge in [0.25, 0.3) is 0 Å². The van der Waals surface area contributed by atoms with Crippen LogP contribution < -0.4 is 20.1 Å². The van der Waals surface area contributed by atoms with Crippen molar-refractivity contribution >= 4 is 11.8 Å². The molecule has 1 heterocycles. The molecular weight excluding hydrogens is 300 g/mol. The molecule has 1 fully saturated rings. The van der Waals surface area contributed by atoms with Crippen LogP contribution in [-0.2, 0) is 20.9 Å². The van der Waals surface area contributed by atoms with Gasteiger partial charge in [-0.25, -0.2) is 0 Å². The highest BCUT2D eigenvalue weighted by atomic mass is 16.5. The summed E-state index contributed by atoms with van der Waals surface area (Å²) in [6.45, 7) is 1.31. The molecule has 0 aromatic heterocycles. The zero-order valence-corrected chi connectivity index (χ0v) is 13.4. The molecule has 2 rings (SSSR count). The number of carbonyl (C=O) groups is 2. The Balaban J connectivity index is 1.79. The van der Waals surface area contributed by atoms with Crippen molar-refractivity contribution in [3.8, 4) is 11.5 Å². The summed E-state index contributed by atoms with van der Waals surface area (Å²) in [4.78, 5) is 23.5. The zero-order valence-electron chi connectivity index (χ0n) is 13.4. The minimum Gasteiger partial charge on any atom is -0.493 e. The van der Waals surface area contributed by atoms with Gasteiger partial charge in [0.05, 0.1) is 20.3 Å². The topological polar surface area (TPSA) is 85.9 Å². The predicted molar refractivity (Wildman–Crippen MR) is 83.4 cm³/mol. The third-order valence-electron chi connectivity index (χ3n) is 3.62. The van der Waals surface area contributed by atoms with Crippen LogP contribution in [0.5, 0.6) is 11.5 Å². The van der Waals surface area contributed by atoms with Crippen LogP contribution in [0.2, 0.25) is 0 Å². The van der Waals surface area contributed by atoms with Gasteiger partial charge in [-0.1, -0.05) is 6.07 Å². The summed E-state index contributed by atoms with van der Waals surface area (Å²) >= 11 is 0. The first-order valence-electron chi connectivity index (χ1n) is 7.52. The molecule has 23 heavy (non-hydrogen) atoms. The average Bonchev–Trinajstić information content (AvgIpc) is 3.10. The molecule has 2 amide bonds. The van der Waals surface area contributed by atoms with Gasteiger partial charge < -0.3 is 24.8 Å². The number of hydrogen-bond acceptors (Lipinski definition) is 5. The second kappa shape index (κ2) is 8.38. The van der Waals surface area contributed by atoms with E-state index in [1.807, 2.05) is 0 Å². The molecule has 0 radical (unpaired) electrons. The monoisotopic (exact) mass is 322 g/mol. The van der Waals surface area contributed by atoms with Gasteiger partial charge >= 0.3 is 11.8 Å². The maximum atomic E-state index is 11.8.